The van der Waals surface area contributed by atoms with Crippen LogP contribution in [-0.4, -0.2) is 36.1 Å². The number of nitrogens with zero attached hydrogens (tertiary/aromatic N) is 2. The second kappa shape index (κ2) is 8.20. The summed E-state index contributed by atoms with van der Waals surface area (Å²) in [4.78, 5) is 6.43. The van der Waals surface area contributed by atoms with Crippen molar-refractivity contribution >= 4 is 0 Å². The van der Waals surface area contributed by atoms with E-state index in [2.05, 4.69) is 48.2 Å². The van der Waals surface area contributed by atoms with E-state index >= 15 is 0 Å². The van der Waals surface area contributed by atoms with Gasteiger partial charge in [-0.25, -0.2) is 0 Å². The predicted molar refractivity (Wildman–Crippen MR) is 72.9 cm³/mol. The summed E-state index contributed by atoms with van der Waals surface area (Å²) in [5.74, 6) is 0. The molecular weight excluding hydrogens is 210 g/mol. The van der Waals surface area contributed by atoms with Crippen LogP contribution in [0.25, 0.3) is 0 Å². The molecule has 0 amide bonds. The largest absolute Gasteiger partial charge is 0.317 e. The second-order valence-electron chi connectivity index (χ2n) is 4.66. The van der Waals surface area contributed by atoms with E-state index in [1.807, 2.05) is 12.4 Å². The molecule has 96 valence electrons. The molecule has 1 heterocycles. The lowest BCUT2D eigenvalue weighted by Crippen LogP contribution is -2.32. The van der Waals surface area contributed by atoms with Crippen LogP contribution in [0.15, 0.2) is 24.5 Å². The van der Waals surface area contributed by atoms with Crippen LogP contribution in [0, 0.1) is 0 Å². The molecule has 17 heavy (non-hydrogen) atoms. The molecule has 0 spiro atoms. The lowest BCUT2D eigenvalue weighted by molar-refractivity contribution is 0.236. The van der Waals surface area contributed by atoms with Crippen molar-refractivity contribution in [1.82, 2.24) is 15.2 Å². The van der Waals surface area contributed by atoms with Crippen molar-refractivity contribution in [1.29, 1.82) is 0 Å². The normalized spacial score (nSPS) is 12.9. The molecule has 0 fully saturated rings. The van der Waals surface area contributed by atoms with Crippen molar-refractivity contribution in [3.05, 3.63) is 30.1 Å². The number of hydrogen-bond acceptors (Lipinski definition) is 3. The molecular formula is C14H25N3. The number of nitrogens with one attached hydrogen (secondary N) is 1. The van der Waals surface area contributed by atoms with Crippen molar-refractivity contribution in [2.75, 3.05) is 20.1 Å². The van der Waals surface area contributed by atoms with Crippen molar-refractivity contribution in [3.8, 4) is 0 Å². The van der Waals surface area contributed by atoms with Gasteiger partial charge in [0, 0.05) is 25.0 Å². The molecule has 0 radical (unpaired) electrons. The fourth-order valence-corrected chi connectivity index (χ4v) is 1.77. The molecule has 3 heteroatoms. The summed E-state index contributed by atoms with van der Waals surface area (Å²) in [5.41, 5.74) is 1.33. The van der Waals surface area contributed by atoms with Crippen LogP contribution in [-0.2, 0) is 6.54 Å². The Kier molecular flexibility index (Phi) is 6.82. The maximum atomic E-state index is 4.04. The van der Waals surface area contributed by atoms with Gasteiger partial charge in [-0.1, -0.05) is 6.92 Å². The third-order valence-corrected chi connectivity index (χ3v) is 3.10. The van der Waals surface area contributed by atoms with Gasteiger partial charge in [-0.3, -0.25) is 9.88 Å². The molecule has 1 aromatic heterocycles. The summed E-state index contributed by atoms with van der Waals surface area (Å²) in [6, 6.07) is 4.77. The smallest absolute Gasteiger partial charge is 0.0271 e. The Bertz CT molecular complexity index is 287. The molecule has 1 aromatic rings. The SMILES string of the molecule is CCCNCCC(C)N(C)Cc1ccncc1. The minimum atomic E-state index is 0.604. The van der Waals surface area contributed by atoms with Crippen molar-refractivity contribution in [2.24, 2.45) is 0 Å². The molecule has 0 saturated carbocycles. The van der Waals surface area contributed by atoms with E-state index in [1.54, 1.807) is 0 Å². The molecule has 0 saturated heterocycles. The highest BCUT2D eigenvalue weighted by molar-refractivity contribution is 5.09. The number of rotatable bonds is 8. The molecule has 0 bridgehead atoms. The van der Waals surface area contributed by atoms with Crippen LogP contribution in [0.5, 0.6) is 0 Å². The molecule has 0 aliphatic heterocycles. The Morgan fingerprint density at radius 3 is 2.65 bits per heavy atom. The van der Waals surface area contributed by atoms with E-state index in [0.717, 1.165) is 19.6 Å². The van der Waals surface area contributed by atoms with Crippen LogP contribution in [0.2, 0.25) is 0 Å². The zero-order chi connectivity index (χ0) is 12.5. The maximum absolute atomic E-state index is 4.04. The summed E-state index contributed by atoms with van der Waals surface area (Å²) in [6.45, 7) is 7.72. The van der Waals surface area contributed by atoms with Crippen LogP contribution < -0.4 is 5.32 Å². The van der Waals surface area contributed by atoms with E-state index < -0.39 is 0 Å². The van der Waals surface area contributed by atoms with Gasteiger partial charge in [0.25, 0.3) is 0 Å². The van der Waals surface area contributed by atoms with E-state index in [1.165, 1.54) is 18.4 Å². The average molecular weight is 235 g/mol. The lowest BCUT2D eigenvalue weighted by Gasteiger charge is -2.24. The van der Waals surface area contributed by atoms with Gasteiger partial charge in [0.05, 0.1) is 0 Å². The Morgan fingerprint density at radius 1 is 1.29 bits per heavy atom. The van der Waals surface area contributed by atoms with Gasteiger partial charge in [0.2, 0.25) is 0 Å². The first-order chi connectivity index (χ1) is 8.24. The van der Waals surface area contributed by atoms with Crippen molar-refractivity contribution < 1.29 is 0 Å². The number of aromatic nitrogens is 1. The molecule has 3 nitrogen and oxygen atoms in total. The van der Waals surface area contributed by atoms with Gasteiger partial charge in [0.1, 0.15) is 0 Å². The molecule has 1 N–H and O–H groups in total. The van der Waals surface area contributed by atoms with E-state index in [9.17, 15) is 0 Å². The number of pyridine rings is 1. The standard InChI is InChI=1S/C14H25N3/c1-4-8-15-9-5-13(2)17(3)12-14-6-10-16-11-7-14/h6-7,10-11,13,15H,4-5,8-9,12H2,1-3H3. The highest BCUT2D eigenvalue weighted by Crippen LogP contribution is 2.07. The Labute approximate surface area is 105 Å². The monoisotopic (exact) mass is 235 g/mol. The maximum Gasteiger partial charge on any atom is 0.0271 e. The zero-order valence-electron chi connectivity index (χ0n) is 11.3. The van der Waals surface area contributed by atoms with Crippen LogP contribution >= 0.6 is 0 Å². The summed E-state index contributed by atoms with van der Waals surface area (Å²) in [6.07, 6.45) is 6.12. The van der Waals surface area contributed by atoms with E-state index in [4.69, 9.17) is 0 Å². The molecule has 0 aliphatic rings. The first-order valence-corrected chi connectivity index (χ1v) is 6.54. The minimum Gasteiger partial charge on any atom is -0.317 e. The van der Waals surface area contributed by atoms with E-state index in [0.29, 0.717) is 6.04 Å². The minimum absolute atomic E-state index is 0.604. The summed E-state index contributed by atoms with van der Waals surface area (Å²) >= 11 is 0. The van der Waals surface area contributed by atoms with Crippen LogP contribution in [0.4, 0.5) is 0 Å². The highest BCUT2D eigenvalue weighted by Gasteiger charge is 2.08. The van der Waals surface area contributed by atoms with Gasteiger partial charge in [-0.2, -0.15) is 0 Å². The third kappa shape index (κ3) is 5.80. The molecule has 1 unspecified atom stereocenters. The lowest BCUT2D eigenvalue weighted by atomic mass is 10.2. The quantitative estimate of drug-likeness (QED) is 0.701. The summed E-state index contributed by atoms with van der Waals surface area (Å²) < 4.78 is 0. The van der Waals surface area contributed by atoms with Gasteiger partial charge < -0.3 is 5.32 Å². The fourth-order valence-electron chi connectivity index (χ4n) is 1.77. The summed E-state index contributed by atoms with van der Waals surface area (Å²) in [5, 5.41) is 3.45. The summed E-state index contributed by atoms with van der Waals surface area (Å²) in [7, 11) is 2.19. The first-order valence-electron chi connectivity index (χ1n) is 6.54. The first kappa shape index (κ1) is 14.1. The molecule has 0 aliphatic carbocycles. The second-order valence-corrected chi connectivity index (χ2v) is 4.66. The fraction of sp³-hybridized carbons (Fsp3) is 0.643. The van der Waals surface area contributed by atoms with Crippen molar-refractivity contribution in [3.63, 3.8) is 0 Å². The van der Waals surface area contributed by atoms with Crippen LogP contribution in [0.3, 0.4) is 0 Å². The van der Waals surface area contributed by atoms with Gasteiger partial charge in [-0.15, -0.1) is 0 Å². The topological polar surface area (TPSA) is 28.2 Å². The van der Waals surface area contributed by atoms with Gasteiger partial charge in [-0.05, 0) is 57.6 Å². The zero-order valence-corrected chi connectivity index (χ0v) is 11.3. The van der Waals surface area contributed by atoms with Crippen LogP contribution in [0.1, 0.15) is 32.3 Å². The Hall–Kier alpha value is -0.930. The van der Waals surface area contributed by atoms with Gasteiger partial charge in [0.15, 0.2) is 0 Å². The number of hydrogen-bond donors (Lipinski definition) is 1. The molecule has 1 rings (SSSR count). The average Bonchev–Trinajstić information content (AvgIpc) is 2.35. The highest BCUT2D eigenvalue weighted by atomic mass is 15.1. The predicted octanol–water partition coefficient (Wildman–Crippen LogP) is 2.29. The van der Waals surface area contributed by atoms with Crippen molar-refractivity contribution in [2.45, 2.75) is 39.3 Å². The third-order valence-electron chi connectivity index (χ3n) is 3.10. The Morgan fingerprint density at radius 2 is 2.00 bits per heavy atom. The molecule has 0 aromatic carbocycles. The van der Waals surface area contributed by atoms with E-state index in [-0.39, 0.29) is 0 Å². The Balaban J connectivity index is 2.24. The molecule has 1 atom stereocenters. The van der Waals surface area contributed by atoms with Gasteiger partial charge >= 0.3 is 0 Å².